The molecular formula is C14H23N3O3. The summed E-state index contributed by atoms with van der Waals surface area (Å²) in [6.07, 6.45) is 5.14. The van der Waals surface area contributed by atoms with Crippen LogP contribution in [-0.2, 0) is 11.3 Å². The number of carboxylic acid groups (broad SMARTS) is 1. The van der Waals surface area contributed by atoms with Crippen LogP contribution >= 0.6 is 0 Å². The fraction of sp³-hybridized carbons (Fsp3) is 0.786. The van der Waals surface area contributed by atoms with Gasteiger partial charge in [-0.2, -0.15) is 0 Å². The Labute approximate surface area is 119 Å². The van der Waals surface area contributed by atoms with Crippen molar-refractivity contribution < 1.29 is 14.6 Å². The van der Waals surface area contributed by atoms with Crippen LogP contribution in [0.25, 0.3) is 0 Å². The number of rotatable bonds is 5. The van der Waals surface area contributed by atoms with Crippen LogP contribution < -0.4 is 0 Å². The highest BCUT2D eigenvalue weighted by Gasteiger charge is 2.32. The lowest BCUT2D eigenvalue weighted by molar-refractivity contribution is -0.0263. The average Bonchev–Trinajstić information content (AvgIpc) is 2.75. The molecule has 20 heavy (non-hydrogen) atoms. The Balaban J connectivity index is 1.79. The molecule has 1 aromatic heterocycles. The van der Waals surface area contributed by atoms with Crippen LogP contribution in [0.1, 0.15) is 50.5 Å². The molecule has 1 saturated carbocycles. The van der Waals surface area contributed by atoms with E-state index in [1.807, 2.05) is 0 Å². The molecular weight excluding hydrogens is 258 g/mol. The summed E-state index contributed by atoms with van der Waals surface area (Å²) in [5.41, 5.74) is 0.309. The van der Waals surface area contributed by atoms with Crippen LogP contribution in [0, 0.1) is 11.3 Å². The summed E-state index contributed by atoms with van der Waals surface area (Å²) in [6, 6.07) is 0. The van der Waals surface area contributed by atoms with Crippen molar-refractivity contribution in [1.82, 2.24) is 15.0 Å². The first kappa shape index (κ1) is 15.0. The van der Waals surface area contributed by atoms with Gasteiger partial charge in [0.2, 0.25) is 0 Å². The number of hydrogen-bond donors (Lipinski definition) is 1. The Morgan fingerprint density at radius 2 is 2.30 bits per heavy atom. The minimum Gasteiger partial charge on any atom is -0.476 e. The van der Waals surface area contributed by atoms with Gasteiger partial charge in [-0.15, -0.1) is 5.10 Å². The summed E-state index contributed by atoms with van der Waals surface area (Å²) in [5.74, 6) is -0.367. The Kier molecular flexibility index (Phi) is 4.42. The van der Waals surface area contributed by atoms with Gasteiger partial charge >= 0.3 is 5.97 Å². The zero-order valence-corrected chi connectivity index (χ0v) is 12.4. The third kappa shape index (κ3) is 4.03. The monoisotopic (exact) mass is 281 g/mol. The Morgan fingerprint density at radius 3 is 2.90 bits per heavy atom. The lowest BCUT2D eigenvalue weighted by atomic mass is 9.71. The number of carbonyl (C=O) groups is 1. The Hall–Kier alpha value is -1.43. The van der Waals surface area contributed by atoms with E-state index in [-0.39, 0.29) is 11.8 Å². The van der Waals surface area contributed by atoms with Crippen molar-refractivity contribution >= 4 is 5.97 Å². The quantitative estimate of drug-likeness (QED) is 0.895. The second kappa shape index (κ2) is 5.91. The SMILES string of the molecule is CC1CC(OCCn2cc(C(=O)O)nn2)CC(C)(C)C1. The van der Waals surface area contributed by atoms with E-state index in [9.17, 15) is 4.79 Å². The van der Waals surface area contributed by atoms with Crippen molar-refractivity contribution in [3.05, 3.63) is 11.9 Å². The number of aromatic nitrogens is 3. The minimum atomic E-state index is -1.06. The molecule has 2 rings (SSSR count). The van der Waals surface area contributed by atoms with Gasteiger partial charge in [-0.05, 0) is 30.6 Å². The van der Waals surface area contributed by atoms with Crippen molar-refractivity contribution in [3.8, 4) is 0 Å². The summed E-state index contributed by atoms with van der Waals surface area (Å²) in [7, 11) is 0. The molecule has 2 unspecified atom stereocenters. The summed E-state index contributed by atoms with van der Waals surface area (Å²) in [4.78, 5) is 10.7. The van der Waals surface area contributed by atoms with Crippen molar-refractivity contribution in [2.24, 2.45) is 11.3 Å². The molecule has 1 fully saturated rings. The van der Waals surface area contributed by atoms with Crippen LogP contribution in [0.2, 0.25) is 0 Å². The highest BCUT2D eigenvalue weighted by Crippen LogP contribution is 2.39. The molecule has 1 N–H and O–H groups in total. The molecule has 112 valence electrons. The first-order valence-corrected chi connectivity index (χ1v) is 7.11. The van der Waals surface area contributed by atoms with Crippen LogP contribution in [0.4, 0.5) is 0 Å². The van der Waals surface area contributed by atoms with Gasteiger partial charge in [-0.1, -0.05) is 26.0 Å². The van der Waals surface area contributed by atoms with Crippen molar-refractivity contribution in [2.75, 3.05) is 6.61 Å². The number of hydrogen-bond acceptors (Lipinski definition) is 4. The van der Waals surface area contributed by atoms with Crippen LogP contribution in [0.5, 0.6) is 0 Å². The van der Waals surface area contributed by atoms with Crippen molar-refractivity contribution in [1.29, 1.82) is 0 Å². The standard InChI is InChI=1S/C14H23N3O3/c1-10-6-11(8-14(2,3)7-10)20-5-4-17-9-12(13(18)19)15-16-17/h9-11H,4-8H2,1-3H3,(H,18,19). The fourth-order valence-corrected chi connectivity index (χ4v) is 3.20. The number of aromatic carboxylic acids is 1. The number of carboxylic acids is 1. The molecule has 1 aromatic rings. The molecule has 1 aliphatic carbocycles. The van der Waals surface area contributed by atoms with E-state index in [0.717, 1.165) is 12.8 Å². The maximum Gasteiger partial charge on any atom is 0.358 e. The molecule has 0 radical (unpaired) electrons. The second-order valence-electron chi connectivity index (χ2n) is 6.58. The predicted octanol–water partition coefficient (Wildman–Crippen LogP) is 2.21. The summed E-state index contributed by atoms with van der Waals surface area (Å²) < 4.78 is 7.44. The smallest absolute Gasteiger partial charge is 0.358 e. The van der Waals surface area contributed by atoms with Crippen molar-refractivity contribution in [2.45, 2.75) is 52.7 Å². The van der Waals surface area contributed by atoms with Gasteiger partial charge in [0, 0.05) is 0 Å². The molecule has 2 atom stereocenters. The first-order valence-electron chi connectivity index (χ1n) is 7.11. The number of ether oxygens (including phenoxy) is 1. The summed E-state index contributed by atoms with van der Waals surface area (Å²) >= 11 is 0. The molecule has 0 bridgehead atoms. The highest BCUT2D eigenvalue weighted by atomic mass is 16.5. The van der Waals surface area contributed by atoms with Crippen LogP contribution in [-0.4, -0.2) is 38.8 Å². The maximum absolute atomic E-state index is 10.7. The summed E-state index contributed by atoms with van der Waals surface area (Å²) in [6.45, 7) is 7.92. The van der Waals surface area contributed by atoms with Gasteiger partial charge < -0.3 is 9.84 Å². The van der Waals surface area contributed by atoms with E-state index in [2.05, 4.69) is 31.1 Å². The van der Waals surface area contributed by atoms with Crippen LogP contribution in [0.3, 0.4) is 0 Å². The molecule has 1 heterocycles. The zero-order chi connectivity index (χ0) is 14.8. The first-order chi connectivity index (χ1) is 9.35. The average molecular weight is 281 g/mol. The number of nitrogens with zero attached hydrogens (tertiary/aromatic N) is 3. The molecule has 0 saturated heterocycles. The molecule has 6 heteroatoms. The van der Waals surface area contributed by atoms with E-state index in [4.69, 9.17) is 9.84 Å². The van der Waals surface area contributed by atoms with E-state index in [1.54, 1.807) is 0 Å². The van der Waals surface area contributed by atoms with Crippen LogP contribution in [0.15, 0.2) is 6.20 Å². The predicted molar refractivity (Wildman–Crippen MR) is 73.5 cm³/mol. The van der Waals surface area contributed by atoms with Gasteiger partial charge in [-0.3, -0.25) is 0 Å². The topological polar surface area (TPSA) is 77.2 Å². The molecule has 6 nitrogen and oxygen atoms in total. The largest absolute Gasteiger partial charge is 0.476 e. The highest BCUT2D eigenvalue weighted by molar-refractivity contribution is 5.84. The van der Waals surface area contributed by atoms with Crippen molar-refractivity contribution in [3.63, 3.8) is 0 Å². The molecule has 0 amide bonds. The van der Waals surface area contributed by atoms with E-state index >= 15 is 0 Å². The second-order valence-corrected chi connectivity index (χ2v) is 6.58. The van der Waals surface area contributed by atoms with E-state index in [1.165, 1.54) is 17.3 Å². The molecule has 0 aliphatic heterocycles. The van der Waals surface area contributed by atoms with Gasteiger partial charge in [0.25, 0.3) is 0 Å². The van der Waals surface area contributed by atoms with Gasteiger partial charge in [0.15, 0.2) is 5.69 Å². The molecule has 0 spiro atoms. The Morgan fingerprint density at radius 1 is 1.55 bits per heavy atom. The lowest BCUT2D eigenvalue weighted by Crippen LogP contribution is -2.33. The minimum absolute atomic E-state index is 0.0302. The van der Waals surface area contributed by atoms with Gasteiger partial charge in [0.05, 0.1) is 25.5 Å². The van der Waals surface area contributed by atoms with E-state index < -0.39 is 5.97 Å². The van der Waals surface area contributed by atoms with Gasteiger partial charge in [0.1, 0.15) is 0 Å². The lowest BCUT2D eigenvalue weighted by Gasteiger charge is -2.38. The third-order valence-corrected chi connectivity index (χ3v) is 3.78. The maximum atomic E-state index is 10.7. The fourth-order valence-electron chi connectivity index (χ4n) is 3.20. The molecule has 0 aromatic carbocycles. The van der Waals surface area contributed by atoms with E-state index in [0.29, 0.717) is 24.5 Å². The molecule has 1 aliphatic rings. The summed E-state index contributed by atoms with van der Waals surface area (Å²) in [5, 5.41) is 16.1. The Bertz CT molecular complexity index is 470. The normalized spacial score (nSPS) is 25.6. The third-order valence-electron chi connectivity index (χ3n) is 3.78. The van der Waals surface area contributed by atoms with Gasteiger partial charge in [-0.25, -0.2) is 9.48 Å². The zero-order valence-electron chi connectivity index (χ0n) is 12.4.